The van der Waals surface area contributed by atoms with E-state index in [-0.39, 0.29) is 12.2 Å². The lowest BCUT2D eigenvalue weighted by molar-refractivity contribution is -0.354. The molecule has 0 saturated carbocycles. The summed E-state index contributed by atoms with van der Waals surface area (Å²) < 4.78 is 95.7. The van der Waals surface area contributed by atoms with Crippen LogP contribution in [0, 0.1) is 0 Å². The molecule has 2 aliphatic rings. The quantitative estimate of drug-likeness (QED) is 0.414. The van der Waals surface area contributed by atoms with Crippen LogP contribution in [-0.4, -0.2) is 70.3 Å². The molecule has 1 unspecified atom stereocenters. The summed E-state index contributed by atoms with van der Waals surface area (Å²) in [6.07, 6.45) is -10.9. The Labute approximate surface area is 214 Å². The molecule has 0 bridgehead atoms. The number of alkyl carbamates (subject to hydrolysis) is 1. The highest BCUT2D eigenvalue weighted by molar-refractivity contribution is 7.87. The fourth-order valence-electron chi connectivity index (χ4n) is 3.86. The molecule has 38 heavy (non-hydrogen) atoms. The lowest BCUT2D eigenvalue weighted by Crippen LogP contribution is -2.64. The molecule has 2 fully saturated rings. The molecule has 0 aliphatic carbocycles. The van der Waals surface area contributed by atoms with Crippen molar-refractivity contribution in [2.45, 2.75) is 42.5 Å². The molecule has 206 valence electrons. The third-order valence-electron chi connectivity index (χ3n) is 5.60. The summed E-state index contributed by atoms with van der Waals surface area (Å²) in [4.78, 5) is 24.9. The Bertz CT molecular complexity index is 1230. The smallest absolute Gasteiger partial charge is 0.438 e. The predicted octanol–water partition coefficient (Wildman–Crippen LogP) is 2.64. The van der Waals surface area contributed by atoms with Gasteiger partial charge in [-0.05, 0) is 12.1 Å². The van der Waals surface area contributed by atoms with Crippen LogP contribution in [0.15, 0.2) is 60.7 Å². The number of fused-ring (bicyclic) bond motifs is 1. The van der Waals surface area contributed by atoms with Crippen LogP contribution in [0.5, 0.6) is 0 Å². The van der Waals surface area contributed by atoms with Gasteiger partial charge in [-0.2, -0.15) is 21.6 Å². The van der Waals surface area contributed by atoms with Gasteiger partial charge in [-0.25, -0.2) is 4.79 Å². The van der Waals surface area contributed by atoms with Crippen molar-refractivity contribution in [2.24, 2.45) is 0 Å². The number of alkyl halides is 3. The number of ether oxygens (including phenoxy) is 5. The Balaban J connectivity index is 1.62. The van der Waals surface area contributed by atoms with Crippen LogP contribution in [0.25, 0.3) is 0 Å². The Morgan fingerprint density at radius 2 is 1.61 bits per heavy atom. The molecule has 6 atom stereocenters. The standard InChI is InChI=1S/C23H22F3NO10S/c1-32-21-18(36-22(29)27-19(28)13-8-4-2-5-9-13)17(37-38(30,31)23(24,25)26)16-15(34-21)12-33-20(35-16)14-10-6-3-7-11-14/h2-11,15-18,20-21H,12H2,1H3,(H,27,28,29)/t15-,16-,17+,18-,20?,21-/m1/s1. The van der Waals surface area contributed by atoms with Crippen LogP contribution in [0.3, 0.4) is 0 Å². The maximum absolute atomic E-state index is 13.3. The zero-order valence-electron chi connectivity index (χ0n) is 19.6. The maximum atomic E-state index is 13.3. The van der Waals surface area contributed by atoms with E-state index in [1.165, 1.54) is 24.3 Å². The topological polar surface area (TPSA) is 136 Å². The molecule has 2 aromatic rings. The Hall–Kier alpha value is -3.08. The minimum Gasteiger partial charge on any atom is -0.438 e. The van der Waals surface area contributed by atoms with Crippen molar-refractivity contribution in [3.05, 3.63) is 71.8 Å². The minimum absolute atomic E-state index is 0.0821. The van der Waals surface area contributed by atoms with Gasteiger partial charge in [-0.3, -0.25) is 14.3 Å². The normalized spacial score (nSPS) is 27.7. The summed E-state index contributed by atoms with van der Waals surface area (Å²) in [6.45, 7) is -0.249. The van der Waals surface area contributed by atoms with Gasteiger partial charge in [0, 0.05) is 18.2 Å². The number of halogens is 3. The van der Waals surface area contributed by atoms with Crippen molar-refractivity contribution < 1.29 is 59.0 Å². The van der Waals surface area contributed by atoms with Gasteiger partial charge >= 0.3 is 21.7 Å². The maximum Gasteiger partial charge on any atom is 0.523 e. The van der Waals surface area contributed by atoms with Crippen molar-refractivity contribution in [1.29, 1.82) is 0 Å². The second-order valence-electron chi connectivity index (χ2n) is 8.11. The fourth-order valence-corrected chi connectivity index (χ4v) is 4.48. The molecule has 0 aromatic heterocycles. The first kappa shape index (κ1) is 27.9. The number of methoxy groups -OCH3 is 1. The van der Waals surface area contributed by atoms with E-state index in [4.69, 9.17) is 23.7 Å². The van der Waals surface area contributed by atoms with Gasteiger partial charge in [-0.1, -0.05) is 48.5 Å². The number of imide groups is 1. The van der Waals surface area contributed by atoms with Gasteiger partial charge in [0.2, 0.25) is 0 Å². The van der Waals surface area contributed by atoms with E-state index in [1.54, 1.807) is 36.4 Å². The molecule has 0 spiro atoms. The number of rotatable bonds is 6. The molecule has 2 aliphatic heterocycles. The first-order valence-electron chi connectivity index (χ1n) is 11.1. The third kappa shape index (κ3) is 6.14. The van der Waals surface area contributed by atoms with Crippen molar-refractivity contribution in [3.8, 4) is 0 Å². The molecule has 11 nitrogen and oxygen atoms in total. The van der Waals surface area contributed by atoms with Crippen LogP contribution >= 0.6 is 0 Å². The molecule has 15 heteroatoms. The first-order valence-corrected chi connectivity index (χ1v) is 12.5. The predicted molar refractivity (Wildman–Crippen MR) is 120 cm³/mol. The summed E-state index contributed by atoms with van der Waals surface area (Å²) in [5.41, 5.74) is -5.25. The minimum atomic E-state index is -6.21. The average molecular weight is 561 g/mol. The molecular formula is C23H22F3NO10S. The number of hydrogen-bond acceptors (Lipinski definition) is 10. The number of carbonyl (C=O) groups excluding carboxylic acids is 2. The number of carbonyl (C=O) groups is 2. The summed E-state index contributed by atoms with van der Waals surface area (Å²) >= 11 is 0. The van der Waals surface area contributed by atoms with Crippen LogP contribution < -0.4 is 5.32 Å². The van der Waals surface area contributed by atoms with Gasteiger partial charge in [0.05, 0.1) is 6.61 Å². The van der Waals surface area contributed by atoms with Crippen molar-refractivity contribution >= 4 is 22.1 Å². The van der Waals surface area contributed by atoms with E-state index in [2.05, 4.69) is 4.18 Å². The van der Waals surface area contributed by atoms with Gasteiger partial charge in [0.15, 0.2) is 18.7 Å². The highest BCUT2D eigenvalue weighted by Gasteiger charge is 2.58. The van der Waals surface area contributed by atoms with E-state index in [1.807, 2.05) is 5.32 Å². The number of benzene rings is 2. The summed E-state index contributed by atoms with van der Waals surface area (Å²) in [6, 6.07) is 15.8. The van der Waals surface area contributed by atoms with Crippen molar-refractivity contribution in [3.63, 3.8) is 0 Å². The molecule has 2 amide bonds. The molecule has 0 radical (unpaired) electrons. The van der Waals surface area contributed by atoms with E-state index >= 15 is 0 Å². The van der Waals surface area contributed by atoms with Crippen LogP contribution in [0.2, 0.25) is 0 Å². The monoisotopic (exact) mass is 561 g/mol. The summed E-state index contributed by atoms with van der Waals surface area (Å²) in [5.74, 6) is -0.883. The highest BCUT2D eigenvalue weighted by Crippen LogP contribution is 2.38. The zero-order chi connectivity index (χ0) is 27.5. The Kier molecular flexibility index (Phi) is 8.34. The molecule has 2 aromatic carbocycles. The van der Waals surface area contributed by atoms with E-state index in [0.717, 1.165) is 7.11 Å². The van der Waals surface area contributed by atoms with Gasteiger partial charge in [0.1, 0.15) is 18.3 Å². The Morgan fingerprint density at radius 1 is 0.974 bits per heavy atom. The summed E-state index contributed by atoms with van der Waals surface area (Å²) in [5, 5.41) is 1.90. The van der Waals surface area contributed by atoms with Crippen LogP contribution in [0.4, 0.5) is 18.0 Å². The lowest BCUT2D eigenvalue weighted by Gasteiger charge is -2.47. The fraction of sp³-hybridized carbons (Fsp3) is 0.391. The van der Waals surface area contributed by atoms with Gasteiger partial charge < -0.3 is 23.7 Å². The van der Waals surface area contributed by atoms with E-state index < -0.39 is 64.6 Å². The van der Waals surface area contributed by atoms with Crippen molar-refractivity contribution in [2.75, 3.05) is 13.7 Å². The van der Waals surface area contributed by atoms with Gasteiger partial charge in [-0.15, -0.1) is 0 Å². The number of nitrogens with one attached hydrogen (secondary N) is 1. The van der Waals surface area contributed by atoms with Crippen LogP contribution in [-0.2, 0) is 38.0 Å². The molecule has 2 heterocycles. The molecule has 2 saturated heterocycles. The second-order valence-corrected chi connectivity index (χ2v) is 9.67. The largest absolute Gasteiger partial charge is 0.523 e. The van der Waals surface area contributed by atoms with Gasteiger partial charge in [0.25, 0.3) is 5.91 Å². The molecular weight excluding hydrogens is 539 g/mol. The third-order valence-corrected chi connectivity index (χ3v) is 6.65. The number of hydrogen-bond donors (Lipinski definition) is 1. The molecule has 1 N–H and O–H groups in total. The second kappa shape index (κ2) is 11.3. The average Bonchev–Trinajstić information content (AvgIpc) is 2.89. The van der Waals surface area contributed by atoms with Crippen LogP contribution in [0.1, 0.15) is 22.2 Å². The zero-order valence-corrected chi connectivity index (χ0v) is 20.4. The van der Waals surface area contributed by atoms with E-state index in [0.29, 0.717) is 5.56 Å². The Morgan fingerprint density at radius 3 is 2.21 bits per heavy atom. The van der Waals surface area contributed by atoms with Crippen molar-refractivity contribution in [1.82, 2.24) is 5.32 Å². The van der Waals surface area contributed by atoms with E-state index in [9.17, 15) is 31.2 Å². The summed E-state index contributed by atoms with van der Waals surface area (Å²) in [7, 11) is -5.12. The highest BCUT2D eigenvalue weighted by atomic mass is 32.2. The lowest BCUT2D eigenvalue weighted by atomic mass is 9.97. The first-order chi connectivity index (χ1) is 18.0. The molecule has 4 rings (SSSR count). The SMILES string of the molecule is CO[C@@H]1O[C@@H]2COC(c3ccccc3)O[C@H]2[C@H](OS(=O)(=O)C(F)(F)F)[C@H]1OC(=O)NC(=O)c1ccccc1. The number of amides is 2.